The Morgan fingerprint density at radius 2 is 1.90 bits per heavy atom. The maximum atomic E-state index is 5.13. The minimum atomic E-state index is 0.864. The molecule has 5 heteroatoms. The first-order valence-electron chi connectivity index (χ1n) is 11.2. The summed E-state index contributed by atoms with van der Waals surface area (Å²) in [6, 6.07) is 10.8. The predicted octanol–water partition coefficient (Wildman–Crippen LogP) is 5.32. The molecule has 0 bridgehead atoms. The van der Waals surface area contributed by atoms with Crippen LogP contribution in [0.5, 0.6) is 0 Å². The van der Waals surface area contributed by atoms with Gasteiger partial charge in [0.2, 0.25) is 0 Å². The van der Waals surface area contributed by atoms with Gasteiger partial charge in [0.1, 0.15) is 5.82 Å². The fraction of sp³-hybridized carbons (Fsp3) is 0.440. The van der Waals surface area contributed by atoms with Crippen molar-refractivity contribution >= 4 is 22.1 Å². The molecule has 1 N–H and O–H groups in total. The minimum absolute atomic E-state index is 0.864. The first-order valence-corrected chi connectivity index (χ1v) is 11.2. The highest BCUT2D eigenvalue weighted by Crippen LogP contribution is 2.32. The number of H-pyrrole nitrogens is 1. The second-order valence-corrected chi connectivity index (χ2v) is 8.96. The number of rotatable bonds is 5. The van der Waals surface area contributed by atoms with Crippen LogP contribution in [0.15, 0.2) is 36.7 Å². The Kier molecular flexibility index (Phi) is 5.07. The Morgan fingerprint density at radius 3 is 2.73 bits per heavy atom. The van der Waals surface area contributed by atoms with E-state index in [0.717, 1.165) is 34.8 Å². The molecule has 0 spiro atoms. The minimum Gasteiger partial charge on any atom is -0.345 e. The molecule has 5 rings (SSSR count). The number of benzene rings is 2. The lowest BCUT2D eigenvalue weighted by molar-refractivity contribution is 0.209. The number of para-hydroxylation sites is 1. The lowest BCUT2D eigenvalue weighted by Crippen LogP contribution is -2.30. The van der Waals surface area contributed by atoms with E-state index in [-0.39, 0.29) is 0 Å². The molecule has 1 aliphatic rings. The molecule has 30 heavy (non-hydrogen) atoms. The number of hydrogen-bond acceptors (Lipinski definition) is 3. The van der Waals surface area contributed by atoms with E-state index in [9.17, 15) is 0 Å². The topological polar surface area (TPSA) is 49.7 Å². The van der Waals surface area contributed by atoms with Gasteiger partial charge in [-0.1, -0.05) is 12.1 Å². The van der Waals surface area contributed by atoms with Gasteiger partial charge < -0.3 is 14.5 Å². The number of nitrogens with one attached hydrogen (secondary N) is 1. The van der Waals surface area contributed by atoms with Crippen molar-refractivity contribution < 1.29 is 0 Å². The number of likely N-dealkylation sites (tertiary alicyclic amines) is 1. The number of fused-ring (bicyclic) bond motifs is 2. The quantitative estimate of drug-likeness (QED) is 0.492. The van der Waals surface area contributed by atoms with Crippen LogP contribution in [0, 0.1) is 19.8 Å². The SMILES string of the molecule is Cc1c(-c2nc3c(C)cccc3n2CCCC2CCN(C)CC2)ccc2[nH]cnc12. The highest BCUT2D eigenvalue weighted by molar-refractivity contribution is 5.88. The van der Waals surface area contributed by atoms with E-state index in [1.165, 1.54) is 61.0 Å². The number of nitrogens with zero attached hydrogens (tertiary/aromatic N) is 4. The number of piperidine rings is 1. The zero-order chi connectivity index (χ0) is 20.7. The van der Waals surface area contributed by atoms with Gasteiger partial charge in [0.05, 0.1) is 28.4 Å². The van der Waals surface area contributed by atoms with Crippen LogP contribution in [0.3, 0.4) is 0 Å². The van der Waals surface area contributed by atoms with E-state index in [2.05, 4.69) is 70.7 Å². The summed E-state index contributed by atoms with van der Waals surface area (Å²) in [4.78, 5) is 15.3. The van der Waals surface area contributed by atoms with E-state index in [4.69, 9.17) is 4.98 Å². The molecule has 2 aromatic heterocycles. The summed E-state index contributed by atoms with van der Waals surface area (Å²) in [5.74, 6) is 1.94. The predicted molar refractivity (Wildman–Crippen MR) is 124 cm³/mol. The Hall–Kier alpha value is -2.66. The van der Waals surface area contributed by atoms with Gasteiger partial charge in [0.15, 0.2) is 0 Å². The van der Waals surface area contributed by atoms with Crippen molar-refractivity contribution in [3.63, 3.8) is 0 Å². The summed E-state index contributed by atoms with van der Waals surface area (Å²) in [5, 5.41) is 0. The molecule has 1 aliphatic heterocycles. The Bertz CT molecular complexity index is 1180. The zero-order valence-corrected chi connectivity index (χ0v) is 18.3. The van der Waals surface area contributed by atoms with Crippen molar-refractivity contribution in [3.8, 4) is 11.4 Å². The largest absolute Gasteiger partial charge is 0.345 e. The molecule has 0 aliphatic carbocycles. The normalized spacial score (nSPS) is 16.1. The molecule has 0 saturated carbocycles. The van der Waals surface area contributed by atoms with Crippen molar-refractivity contribution in [1.29, 1.82) is 0 Å². The van der Waals surface area contributed by atoms with Crippen LogP contribution < -0.4 is 0 Å². The van der Waals surface area contributed by atoms with Crippen molar-refractivity contribution in [2.24, 2.45) is 5.92 Å². The average Bonchev–Trinajstić information content (AvgIpc) is 3.36. The Balaban J connectivity index is 1.49. The lowest BCUT2D eigenvalue weighted by Gasteiger charge is -2.29. The third-order valence-electron chi connectivity index (χ3n) is 6.90. The Morgan fingerprint density at radius 1 is 1.07 bits per heavy atom. The highest BCUT2D eigenvalue weighted by Gasteiger charge is 2.19. The number of hydrogen-bond donors (Lipinski definition) is 1. The smallest absolute Gasteiger partial charge is 0.141 e. The van der Waals surface area contributed by atoms with Crippen LogP contribution in [0.25, 0.3) is 33.5 Å². The highest BCUT2D eigenvalue weighted by atomic mass is 15.1. The van der Waals surface area contributed by atoms with Gasteiger partial charge in [0, 0.05) is 12.1 Å². The molecule has 0 atom stereocenters. The molecule has 0 radical (unpaired) electrons. The van der Waals surface area contributed by atoms with Crippen molar-refractivity contribution in [3.05, 3.63) is 47.8 Å². The molecule has 3 heterocycles. The molecular weight excluding hydrogens is 370 g/mol. The molecule has 0 unspecified atom stereocenters. The van der Waals surface area contributed by atoms with Crippen LogP contribution >= 0.6 is 0 Å². The van der Waals surface area contributed by atoms with Crippen molar-refractivity contribution in [2.45, 2.75) is 46.1 Å². The molecule has 1 saturated heterocycles. The maximum Gasteiger partial charge on any atom is 0.141 e. The van der Waals surface area contributed by atoms with E-state index < -0.39 is 0 Å². The van der Waals surface area contributed by atoms with Crippen LogP contribution in [-0.4, -0.2) is 44.6 Å². The number of aryl methyl sites for hydroxylation is 3. The lowest BCUT2D eigenvalue weighted by atomic mass is 9.92. The zero-order valence-electron chi connectivity index (χ0n) is 18.3. The molecule has 5 nitrogen and oxygen atoms in total. The molecule has 4 aromatic rings. The standard InChI is InChI=1S/C25H31N5/c1-17-6-4-8-22-23(17)28-25(20-9-10-21-24(18(20)2)27-16-26-21)30(22)13-5-7-19-11-14-29(3)15-12-19/h4,6,8-10,16,19H,5,7,11-15H2,1-3H3,(H,26,27). The van der Waals surface area contributed by atoms with Gasteiger partial charge in [0.25, 0.3) is 0 Å². The van der Waals surface area contributed by atoms with E-state index in [0.29, 0.717) is 0 Å². The first kappa shape index (κ1) is 19.3. The van der Waals surface area contributed by atoms with Crippen LogP contribution in [-0.2, 0) is 6.54 Å². The fourth-order valence-electron chi connectivity index (χ4n) is 5.00. The monoisotopic (exact) mass is 401 g/mol. The Labute approximate surface area is 178 Å². The van der Waals surface area contributed by atoms with Crippen LogP contribution in [0.4, 0.5) is 0 Å². The molecular formula is C25H31N5. The molecule has 2 aromatic carbocycles. The molecule has 156 valence electrons. The summed E-state index contributed by atoms with van der Waals surface area (Å²) >= 11 is 0. The second kappa shape index (κ2) is 7.88. The first-order chi connectivity index (χ1) is 14.6. The van der Waals surface area contributed by atoms with Gasteiger partial charge >= 0.3 is 0 Å². The number of imidazole rings is 2. The van der Waals surface area contributed by atoms with Gasteiger partial charge in [-0.15, -0.1) is 0 Å². The summed E-state index contributed by atoms with van der Waals surface area (Å²) < 4.78 is 2.44. The van der Waals surface area contributed by atoms with E-state index >= 15 is 0 Å². The summed E-state index contributed by atoms with van der Waals surface area (Å²) in [6.07, 6.45) is 6.95. The van der Waals surface area contributed by atoms with Gasteiger partial charge in [-0.25, -0.2) is 9.97 Å². The molecule has 0 amide bonds. The van der Waals surface area contributed by atoms with Crippen molar-refractivity contribution in [1.82, 2.24) is 24.4 Å². The third kappa shape index (κ3) is 3.41. The summed E-state index contributed by atoms with van der Waals surface area (Å²) in [7, 11) is 2.24. The second-order valence-electron chi connectivity index (χ2n) is 8.96. The number of aromatic amines is 1. The van der Waals surface area contributed by atoms with Crippen LogP contribution in [0.1, 0.15) is 36.8 Å². The average molecular weight is 402 g/mol. The van der Waals surface area contributed by atoms with Gasteiger partial charge in [-0.05, 0) is 94.9 Å². The van der Waals surface area contributed by atoms with Gasteiger partial charge in [-0.2, -0.15) is 0 Å². The van der Waals surface area contributed by atoms with Crippen LogP contribution in [0.2, 0.25) is 0 Å². The molecule has 1 fully saturated rings. The third-order valence-corrected chi connectivity index (χ3v) is 6.90. The summed E-state index contributed by atoms with van der Waals surface area (Å²) in [5.41, 5.74) is 8.10. The summed E-state index contributed by atoms with van der Waals surface area (Å²) in [6.45, 7) is 7.82. The van der Waals surface area contributed by atoms with Crippen molar-refractivity contribution in [2.75, 3.05) is 20.1 Å². The fourth-order valence-corrected chi connectivity index (χ4v) is 5.00. The van der Waals surface area contributed by atoms with Gasteiger partial charge in [-0.3, -0.25) is 0 Å². The number of aromatic nitrogens is 4. The maximum absolute atomic E-state index is 5.13. The van der Waals surface area contributed by atoms with E-state index in [1.807, 2.05) is 0 Å². The van der Waals surface area contributed by atoms with E-state index in [1.54, 1.807) is 6.33 Å².